The zero-order valence-electron chi connectivity index (χ0n) is 23.0. The summed E-state index contributed by atoms with van der Waals surface area (Å²) in [7, 11) is 0. The van der Waals surface area contributed by atoms with Gasteiger partial charge < -0.3 is 29.9 Å². The normalized spacial score (nSPS) is 10.6. The van der Waals surface area contributed by atoms with Gasteiger partial charge in [0.15, 0.2) is 0 Å². The minimum absolute atomic E-state index is 0. The van der Waals surface area contributed by atoms with Gasteiger partial charge in [0.2, 0.25) is 0 Å². The van der Waals surface area contributed by atoms with Gasteiger partial charge in [-0.1, -0.05) is 68.3 Å². The van der Waals surface area contributed by atoms with Crippen molar-refractivity contribution in [2.45, 2.75) is 32.6 Å². The Morgan fingerprint density at radius 1 is 0.675 bits per heavy atom. The van der Waals surface area contributed by atoms with Crippen molar-refractivity contribution in [3.63, 3.8) is 0 Å². The molecule has 5 aromatic carbocycles. The number of rotatable bonds is 2. The van der Waals surface area contributed by atoms with E-state index in [-0.39, 0.29) is 30.2 Å². The number of benzene rings is 5. The van der Waals surface area contributed by atoms with Crippen molar-refractivity contribution in [3.05, 3.63) is 161 Å². The molecule has 0 heterocycles. The largest absolute Gasteiger partial charge is 0.179 e. The third-order valence-corrected chi connectivity index (χ3v) is 7.36. The first kappa shape index (κ1) is 33.3. The van der Waals surface area contributed by atoms with Crippen molar-refractivity contribution >= 4 is 3.81 Å². The third-order valence-electron chi connectivity index (χ3n) is 6.45. The molecule has 5 aromatic rings. The molecule has 40 heavy (non-hydrogen) atoms. The fraction of sp³-hybridized carbons (Fsp3) is 0.139. The van der Waals surface area contributed by atoms with E-state index in [0.29, 0.717) is 5.75 Å². The molecule has 0 atom stereocenters. The van der Waals surface area contributed by atoms with Crippen molar-refractivity contribution in [1.82, 2.24) is 0 Å². The number of halogens is 2. The minimum Gasteiger partial charge on any atom is -0.179 e. The second-order valence-electron chi connectivity index (χ2n) is 10.3. The van der Waals surface area contributed by atoms with Crippen LogP contribution in [-0.4, -0.2) is 8.92 Å². The Morgan fingerprint density at radius 2 is 1.23 bits per heavy atom. The summed E-state index contributed by atoms with van der Waals surface area (Å²) in [6.07, 6.45) is 1.05. The molecule has 1 aliphatic carbocycles. The summed E-state index contributed by atoms with van der Waals surface area (Å²) in [4.78, 5) is 0. The Hall–Kier alpha value is -2.94. The molecule has 0 spiro atoms. The number of aromatic hydroxyl groups is 1. The van der Waals surface area contributed by atoms with Crippen LogP contribution >= 0.6 is 0 Å². The molecule has 1 N–H and O–H groups in total. The van der Waals surface area contributed by atoms with Gasteiger partial charge >= 0.3 is 95.6 Å². The molecule has 0 aromatic heterocycles. The monoisotopic (exact) mass is 599 g/mol. The molecule has 1 nitrogen and oxygen atoms in total. The number of hydrogen-bond donors (Lipinski definition) is 1. The summed E-state index contributed by atoms with van der Waals surface area (Å²) in [6, 6.07) is 46.4. The van der Waals surface area contributed by atoms with Crippen LogP contribution in [0.5, 0.6) is 5.75 Å². The predicted octanol–water partition coefficient (Wildman–Crippen LogP) is 2.56. The summed E-state index contributed by atoms with van der Waals surface area (Å²) in [6.45, 7) is 6.38. The first-order valence-electron chi connectivity index (χ1n) is 12.9. The third kappa shape index (κ3) is 9.05. The fourth-order valence-electron chi connectivity index (χ4n) is 4.35. The summed E-state index contributed by atoms with van der Waals surface area (Å²) < 4.78 is 1.33. The van der Waals surface area contributed by atoms with Crippen LogP contribution in [0.25, 0.3) is 11.1 Å². The van der Waals surface area contributed by atoms with Crippen LogP contribution in [0.2, 0.25) is 0 Å². The summed E-state index contributed by atoms with van der Waals surface area (Å²) in [5.74, 6) is 0.345. The number of phenolic OH excluding ortho intramolecular Hbond substituents is 1. The van der Waals surface area contributed by atoms with Crippen molar-refractivity contribution < 1.29 is 49.9 Å². The Morgan fingerprint density at radius 3 is 1.77 bits per heavy atom. The summed E-state index contributed by atoms with van der Waals surface area (Å²) >= 11 is 2.16. The molecule has 4 heteroatoms. The fourth-order valence-corrected chi connectivity index (χ4v) is 4.87. The van der Waals surface area contributed by atoms with Crippen LogP contribution in [0.4, 0.5) is 0 Å². The first-order valence-corrected chi connectivity index (χ1v) is 13.7. The maximum atomic E-state index is 9.18. The van der Waals surface area contributed by atoms with Crippen LogP contribution < -0.4 is 24.8 Å². The van der Waals surface area contributed by atoms with Gasteiger partial charge in [0.1, 0.15) is 5.75 Å². The second kappa shape index (κ2) is 15.7. The van der Waals surface area contributed by atoms with Crippen molar-refractivity contribution in [1.29, 1.82) is 0 Å². The van der Waals surface area contributed by atoms with Gasteiger partial charge in [-0.15, -0.1) is 5.56 Å². The van der Waals surface area contributed by atoms with E-state index < -0.39 is 0 Å². The van der Waals surface area contributed by atoms with E-state index >= 15 is 0 Å². The SMILES string of the molecule is CC(C)(C)c1cccc(O)c1.[Cl-].[Cl-].[Ti+]=[C](c1ccccc1)c1ccccc1.[c-]1cccc2c1Cc1ccccc1-2. The number of phenols is 1. The average molecular weight is 600 g/mol. The molecule has 0 aliphatic heterocycles. The van der Waals surface area contributed by atoms with E-state index in [4.69, 9.17) is 0 Å². The smallest absolute Gasteiger partial charge is 0.0253 e. The van der Waals surface area contributed by atoms with Gasteiger partial charge in [0, 0.05) is 0 Å². The Bertz CT molecular complexity index is 1410. The molecular weight excluding hydrogens is 567 g/mol. The Kier molecular flexibility index (Phi) is 13.1. The van der Waals surface area contributed by atoms with Crippen molar-refractivity contribution in [3.8, 4) is 16.9 Å². The zero-order valence-corrected chi connectivity index (χ0v) is 26.1. The molecule has 1 aliphatic rings. The summed E-state index contributed by atoms with van der Waals surface area (Å²) in [5.41, 5.74) is 9.38. The van der Waals surface area contributed by atoms with Crippen LogP contribution in [0.3, 0.4) is 0 Å². The zero-order chi connectivity index (χ0) is 27.0. The van der Waals surface area contributed by atoms with Gasteiger partial charge in [-0.3, -0.25) is 0 Å². The molecule has 0 amide bonds. The van der Waals surface area contributed by atoms with Gasteiger partial charge in [-0.25, -0.2) is 0 Å². The second-order valence-corrected chi connectivity index (χ2v) is 11.1. The van der Waals surface area contributed by atoms with Crippen LogP contribution in [0.1, 0.15) is 48.6 Å². The molecule has 0 saturated carbocycles. The van der Waals surface area contributed by atoms with E-state index in [1.807, 2.05) is 30.3 Å². The molecule has 0 saturated heterocycles. The van der Waals surface area contributed by atoms with E-state index in [1.54, 1.807) is 12.1 Å². The molecule has 0 bridgehead atoms. The molecular formula is C36H33Cl2OTi-2. The number of fused-ring (bicyclic) bond motifs is 3. The summed E-state index contributed by atoms with van der Waals surface area (Å²) in [5, 5.41) is 9.18. The maximum Gasteiger partial charge on any atom is -0.0253 e. The predicted molar refractivity (Wildman–Crippen MR) is 156 cm³/mol. The standard InChI is InChI=1S/C13H9.C13H10.C10H14O.2ClH.Ti/c1-3-7-12-10(5-1)9-11-6-2-4-8-13(11)12;1-3-7-12(8-4-1)11-13-9-5-2-6-10-13;1-10(2,3)8-5-4-6-9(11)7-8;;;/h1-5,7-8H,9H2;1-10H;4-7,11H,1-3H3;2*1H;/q-1;;;;;+1/p-2. The Labute approximate surface area is 263 Å². The molecule has 6 rings (SSSR count). The molecule has 0 radical (unpaired) electrons. The maximum absolute atomic E-state index is 9.18. The van der Waals surface area contributed by atoms with E-state index in [2.05, 4.69) is 132 Å². The molecule has 203 valence electrons. The van der Waals surface area contributed by atoms with Gasteiger partial charge in [0.25, 0.3) is 0 Å². The number of hydrogen-bond acceptors (Lipinski definition) is 1. The van der Waals surface area contributed by atoms with Crippen LogP contribution in [-0.2, 0) is 31.8 Å². The van der Waals surface area contributed by atoms with Crippen molar-refractivity contribution in [2.24, 2.45) is 0 Å². The Balaban J connectivity index is 0.000000207. The van der Waals surface area contributed by atoms with Gasteiger partial charge in [0.05, 0.1) is 0 Å². The van der Waals surface area contributed by atoms with Gasteiger partial charge in [-0.2, -0.15) is 29.8 Å². The van der Waals surface area contributed by atoms with E-state index in [1.165, 1.54) is 37.2 Å². The topological polar surface area (TPSA) is 20.2 Å². The molecule has 0 fully saturated rings. The van der Waals surface area contributed by atoms with E-state index in [0.717, 1.165) is 12.0 Å². The quantitative estimate of drug-likeness (QED) is 0.240. The van der Waals surface area contributed by atoms with Crippen molar-refractivity contribution in [2.75, 3.05) is 0 Å². The average Bonchev–Trinajstić information content (AvgIpc) is 3.33. The minimum atomic E-state index is 0. The van der Waals surface area contributed by atoms with Gasteiger partial charge in [-0.05, 0) is 29.5 Å². The van der Waals surface area contributed by atoms with Crippen LogP contribution in [0.15, 0.2) is 127 Å². The van der Waals surface area contributed by atoms with Crippen LogP contribution in [0, 0.1) is 6.07 Å². The first-order chi connectivity index (χ1) is 18.3. The van der Waals surface area contributed by atoms with E-state index in [9.17, 15) is 5.11 Å². The molecule has 0 unspecified atom stereocenters.